The summed E-state index contributed by atoms with van der Waals surface area (Å²) in [7, 11) is 0. The summed E-state index contributed by atoms with van der Waals surface area (Å²) >= 11 is 0. The third kappa shape index (κ3) is 1.17. The Kier molecular flexibility index (Phi) is 1.63. The van der Waals surface area contributed by atoms with Gasteiger partial charge in [-0.3, -0.25) is 10.1 Å². The highest BCUT2D eigenvalue weighted by atomic mass is 16.6. The third-order valence-electron chi connectivity index (χ3n) is 1.36. The molecular weight excluding hydrogens is 124 g/mol. The SMILES string of the molecule is N[C@@H]1COC[C@@H]1[N+](=O)[O-]. The maximum Gasteiger partial charge on any atom is 0.253 e. The molecule has 0 aliphatic carbocycles. The molecule has 0 bridgehead atoms. The number of hydrogen-bond donors (Lipinski definition) is 1. The van der Waals surface area contributed by atoms with Crippen LogP contribution in [-0.4, -0.2) is 30.2 Å². The zero-order chi connectivity index (χ0) is 6.85. The fourth-order valence-electron chi connectivity index (χ4n) is 0.777. The lowest BCUT2D eigenvalue weighted by atomic mass is 10.2. The average Bonchev–Trinajstić information content (AvgIpc) is 2.13. The lowest BCUT2D eigenvalue weighted by molar-refractivity contribution is -0.521. The largest absolute Gasteiger partial charge is 0.372 e. The van der Waals surface area contributed by atoms with E-state index in [1.165, 1.54) is 0 Å². The van der Waals surface area contributed by atoms with Gasteiger partial charge in [0.15, 0.2) is 0 Å². The van der Waals surface area contributed by atoms with Crippen LogP contribution >= 0.6 is 0 Å². The first kappa shape index (κ1) is 6.44. The molecule has 0 saturated carbocycles. The Balaban J connectivity index is 2.49. The number of rotatable bonds is 1. The van der Waals surface area contributed by atoms with Gasteiger partial charge in [-0.25, -0.2) is 0 Å². The Bertz CT molecular complexity index is 127. The first-order chi connectivity index (χ1) is 4.22. The number of nitro groups is 1. The molecule has 0 spiro atoms. The highest BCUT2D eigenvalue weighted by molar-refractivity contribution is 4.76. The van der Waals surface area contributed by atoms with E-state index in [0.717, 1.165) is 0 Å². The molecule has 0 aromatic carbocycles. The van der Waals surface area contributed by atoms with Crippen molar-refractivity contribution in [2.75, 3.05) is 13.2 Å². The van der Waals surface area contributed by atoms with E-state index in [1.54, 1.807) is 0 Å². The van der Waals surface area contributed by atoms with Gasteiger partial charge in [0.2, 0.25) is 0 Å². The van der Waals surface area contributed by atoms with Crippen LogP contribution in [0.1, 0.15) is 0 Å². The van der Waals surface area contributed by atoms with Gasteiger partial charge in [0.05, 0.1) is 12.6 Å². The Hall–Kier alpha value is -0.680. The van der Waals surface area contributed by atoms with Crippen LogP contribution in [0.2, 0.25) is 0 Å². The summed E-state index contributed by atoms with van der Waals surface area (Å²) in [5.74, 6) is 0. The molecule has 0 radical (unpaired) electrons. The van der Waals surface area contributed by atoms with Crippen LogP contribution in [0.4, 0.5) is 0 Å². The van der Waals surface area contributed by atoms with Gasteiger partial charge in [-0.05, 0) is 0 Å². The van der Waals surface area contributed by atoms with E-state index < -0.39 is 17.0 Å². The molecule has 1 aliphatic rings. The van der Waals surface area contributed by atoms with Gasteiger partial charge >= 0.3 is 0 Å². The highest BCUT2D eigenvalue weighted by Crippen LogP contribution is 2.05. The summed E-state index contributed by atoms with van der Waals surface area (Å²) in [6.45, 7) is 0.472. The minimum absolute atomic E-state index is 0.161. The number of nitrogens with two attached hydrogens (primary N) is 1. The van der Waals surface area contributed by atoms with Crippen molar-refractivity contribution in [2.24, 2.45) is 5.73 Å². The molecule has 1 heterocycles. The van der Waals surface area contributed by atoms with E-state index in [2.05, 4.69) is 0 Å². The van der Waals surface area contributed by atoms with Crippen LogP contribution < -0.4 is 5.73 Å². The molecule has 0 aromatic rings. The predicted molar refractivity (Wildman–Crippen MR) is 29.6 cm³/mol. The monoisotopic (exact) mass is 132 g/mol. The number of ether oxygens (including phenoxy) is 1. The second kappa shape index (κ2) is 2.28. The Morgan fingerprint density at radius 2 is 2.33 bits per heavy atom. The summed E-state index contributed by atoms with van der Waals surface area (Å²) in [5.41, 5.74) is 5.31. The summed E-state index contributed by atoms with van der Waals surface area (Å²) in [6, 6.07) is -1.11. The van der Waals surface area contributed by atoms with Crippen molar-refractivity contribution >= 4 is 0 Å². The molecule has 5 nitrogen and oxygen atoms in total. The van der Waals surface area contributed by atoms with Gasteiger partial charge in [-0.1, -0.05) is 0 Å². The van der Waals surface area contributed by atoms with Crippen molar-refractivity contribution in [3.8, 4) is 0 Å². The zero-order valence-corrected chi connectivity index (χ0v) is 4.82. The molecule has 2 N–H and O–H groups in total. The lowest BCUT2D eigenvalue weighted by Crippen LogP contribution is -2.38. The predicted octanol–water partition coefficient (Wildman–Crippen LogP) is -1.01. The van der Waals surface area contributed by atoms with E-state index >= 15 is 0 Å². The van der Waals surface area contributed by atoms with E-state index in [-0.39, 0.29) is 6.61 Å². The van der Waals surface area contributed by atoms with Crippen molar-refractivity contribution in [1.82, 2.24) is 0 Å². The molecule has 52 valence electrons. The van der Waals surface area contributed by atoms with Gasteiger partial charge in [0.25, 0.3) is 6.04 Å². The summed E-state index contributed by atoms with van der Waals surface area (Å²) in [5, 5.41) is 10.1. The van der Waals surface area contributed by atoms with E-state index in [4.69, 9.17) is 10.5 Å². The van der Waals surface area contributed by atoms with Gasteiger partial charge in [-0.2, -0.15) is 0 Å². The van der Waals surface area contributed by atoms with Crippen LogP contribution in [-0.2, 0) is 4.74 Å². The first-order valence-electron chi connectivity index (χ1n) is 2.68. The fraction of sp³-hybridized carbons (Fsp3) is 1.00. The summed E-state index contributed by atoms with van der Waals surface area (Å²) in [6.07, 6.45) is 0. The topological polar surface area (TPSA) is 78.4 Å². The van der Waals surface area contributed by atoms with Gasteiger partial charge in [-0.15, -0.1) is 0 Å². The maximum atomic E-state index is 10.1. The van der Waals surface area contributed by atoms with E-state index in [9.17, 15) is 10.1 Å². The maximum absolute atomic E-state index is 10.1. The zero-order valence-electron chi connectivity index (χ0n) is 4.82. The van der Waals surface area contributed by atoms with Crippen molar-refractivity contribution in [2.45, 2.75) is 12.1 Å². The summed E-state index contributed by atoms with van der Waals surface area (Å²) in [4.78, 5) is 9.67. The molecule has 9 heavy (non-hydrogen) atoms. The molecule has 0 amide bonds. The average molecular weight is 132 g/mol. The van der Waals surface area contributed by atoms with Crippen molar-refractivity contribution in [1.29, 1.82) is 0 Å². The Labute approximate surface area is 51.9 Å². The van der Waals surface area contributed by atoms with Crippen LogP contribution in [0.15, 0.2) is 0 Å². The Morgan fingerprint density at radius 3 is 2.56 bits per heavy atom. The van der Waals surface area contributed by atoms with Crippen molar-refractivity contribution in [3.05, 3.63) is 10.1 Å². The van der Waals surface area contributed by atoms with Gasteiger partial charge in [0, 0.05) is 4.92 Å². The lowest BCUT2D eigenvalue weighted by Gasteiger charge is -2.01. The summed E-state index contributed by atoms with van der Waals surface area (Å²) < 4.78 is 4.76. The minimum atomic E-state index is -0.690. The molecule has 1 fully saturated rings. The van der Waals surface area contributed by atoms with Gasteiger partial charge in [0.1, 0.15) is 6.61 Å². The fourth-order valence-corrected chi connectivity index (χ4v) is 0.777. The van der Waals surface area contributed by atoms with E-state index in [1.807, 2.05) is 0 Å². The standard InChI is InChI=1S/C4H8N2O3/c5-3-1-9-2-4(3)6(7)8/h3-4H,1-2,5H2/t3-,4+/m1/s1. The van der Waals surface area contributed by atoms with E-state index in [0.29, 0.717) is 6.61 Å². The minimum Gasteiger partial charge on any atom is -0.372 e. The molecule has 5 heteroatoms. The van der Waals surface area contributed by atoms with Crippen LogP contribution in [0.3, 0.4) is 0 Å². The molecule has 1 aliphatic heterocycles. The number of nitrogens with zero attached hydrogens (tertiary/aromatic N) is 1. The second-order valence-corrected chi connectivity index (χ2v) is 2.05. The molecular formula is C4H8N2O3. The number of hydrogen-bond acceptors (Lipinski definition) is 4. The quantitative estimate of drug-likeness (QED) is 0.366. The van der Waals surface area contributed by atoms with Crippen molar-refractivity contribution in [3.63, 3.8) is 0 Å². The van der Waals surface area contributed by atoms with Gasteiger partial charge < -0.3 is 10.5 Å². The normalized spacial score (nSPS) is 34.8. The molecule has 0 unspecified atom stereocenters. The molecule has 1 saturated heterocycles. The first-order valence-corrected chi connectivity index (χ1v) is 2.68. The van der Waals surface area contributed by atoms with Crippen LogP contribution in [0.25, 0.3) is 0 Å². The molecule has 0 aromatic heterocycles. The third-order valence-corrected chi connectivity index (χ3v) is 1.36. The molecule has 2 atom stereocenters. The smallest absolute Gasteiger partial charge is 0.253 e. The second-order valence-electron chi connectivity index (χ2n) is 2.05. The van der Waals surface area contributed by atoms with Crippen molar-refractivity contribution < 1.29 is 9.66 Å². The Morgan fingerprint density at radius 1 is 1.67 bits per heavy atom. The highest BCUT2D eigenvalue weighted by Gasteiger charge is 2.34. The van der Waals surface area contributed by atoms with Crippen LogP contribution in [0.5, 0.6) is 0 Å². The van der Waals surface area contributed by atoms with Crippen LogP contribution in [0, 0.1) is 10.1 Å². The molecule has 1 rings (SSSR count).